The average molecular weight is 888 g/mol. The summed E-state index contributed by atoms with van der Waals surface area (Å²) < 4.78 is 39.3. The lowest BCUT2D eigenvalue weighted by molar-refractivity contribution is -0.0617. The highest BCUT2D eigenvalue weighted by molar-refractivity contribution is 7.71. The number of hydrogen-bond donors (Lipinski definition) is 1. The number of hydrogen-bond acceptors (Lipinski definition) is 13. The van der Waals surface area contributed by atoms with Crippen LogP contribution < -0.4 is 10.3 Å². The van der Waals surface area contributed by atoms with Crippen LogP contribution in [0.25, 0.3) is 39.3 Å². The number of furan rings is 1. The molecule has 15 heteroatoms. The first-order chi connectivity index (χ1) is 31.7. The van der Waals surface area contributed by atoms with Gasteiger partial charge < -0.3 is 33.2 Å². The molecule has 4 heterocycles. The Balaban J connectivity index is 1.32. The molecule has 0 radical (unpaired) electrons. The molecule has 1 saturated heterocycles. The lowest BCUT2D eigenvalue weighted by Crippen LogP contribution is -2.42. The number of nitrogens with zero attached hydrogens (tertiary/aromatic N) is 3. The highest BCUT2D eigenvalue weighted by Crippen LogP contribution is 2.40. The number of fused-ring (bicyclic) bond motifs is 1. The van der Waals surface area contributed by atoms with Gasteiger partial charge in [0.1, 0.15) is 30.0 Å². The molecule has 1 aliphatic rings. The number of methoxy groups -OCH3 is 1. The molecule has 1 N–H and O–H groups in total. The normalized spacial score (nSPS) is 16.8. The second kappa shape index (κ2) is 18.3. The molecule has 1 aliphatic heterocycles. The molecule has 0 aliphatic carbocycles. The Bertz CT molecular complexity index is 3160. The molecular formula is C50H37N3O11S. The number of phenolic OH excluding ortho intramolecular Hbond substituents is 1. The molecular weight excluding hydrogens is 851 g/mol. The zero-order valence-electron chi connectivity index (χ0n) is 34.4. The van der Waals surface area contributed by atoms with E-state index < -0.39 is 54.6 Å². The van der Waals surface area contributed by atoms with Crippen LogP contribution in [0.4, 0.5) is 0 Å². The van der Waals surface area contributed by atoms with E-state index in [-0.39, 0.29) is 66.7 Å². The molecule has 14 nitrogen and oxygen atoms in total. The van der Waals surface area contributed by atoms with Gasteiger partial charge in [-0.1, -0.05) is 78.9 Å². The largest absolute Gasteiger partial charge is 0.507 e. The van der Waals surface area contributed by atoms with Gasteiger partial charge in [0.2, 0.25) is 0 Å². The molecule has 65 heavy (non-hydrogen) atoms. The van der Waals surface area contributed by atoms with Crippen LogP contribution in [0.1, 0.15) is 37.3 Å². The Morgan fingerprint density at radius 3 is 1.91 bits per heavy atom. The molecule has 4 atom stereocenters. The number of esters is 3. The quantitative estimate of drug-likeness (QED) is 0.0702. The molecule has 0 bridgehead atoms. The number of carbonyl (C=O) groups is 3. The molecule has 0 spiro atoms. The lowest BCUT2D eigenvalue weighted by Gasteiger charge is -2.27. The minimum atomic E-state index is -1.56. The number of aromatic nitrogens is 3. The first-order valence-electron chi connectivity index (χ1n) is 20.3. The molecule has 0 unspecified atom stereocenters. The van der Waals surface area contributed by atoms with E-state index in [0.29, 0.717) is 5.56 Å². The highest BCUT2D eigenvalue weighted by atomic mass is 32.1. The van der Waals surface area contributed by atoms with Crippen molar-refractivity contribution in [1.29, 1.82) is 0 Å². The Hall–Kier alpha value is -8.14. The summed E-state index contributed by atoms with van der Waals surface area (Å²) in [5.74, 6) is -1.89. The van der Waals surface area contributed by atoms with Crippen molar-refractivity contribution in [2.24, 2.45) is 0 Å². The SMILES string of the molecule is COc1ccccc1-n1c(=O)c2c(-c3ccco3)cc(-c3ccccc3O)nc2n([C@@H]2O[C@H](COC(=O)c3ccccc3)[C@@H](OC(=O)c3ccccc3)[C@@H]2OC(=O)c2ccccc2)c1=S. The summed E-state index contributed by atoms with van der Waals surface area (Å²) >= 11 is 6.28. The van der Waals surface area contributed by atoms with Crippen LogP contribution in [-0.4, -0.2) is 69.2 Å². The van der Waals surface area contributed by atoms with Crippen LogP contribution in [0, 0.1) is 4.77 Å². The second-order valence-corrected chi connectivity index (χ2v) is 15.1. The number of carbonyl (C=O) groups excluding carboxylic acids is 3. The molecule has 8 aromatic rings. The third kappa shape index (κ3) is 8.28. The maximum atomic E-state index is 15.2. The molecule has 1 fully saturated rings. The maximum Gasteiger partial charge on any atom is 0.338 e. The molecule has 5 aromatic carbocycles. The number of ether oxygens (including phenoxy) is 5. The van der Waals surface area contributed by atoms with Crippen molar-refractivity contribution < 1.29 is 47.6 Å². The predicted octanol–water partition coefficient (Wildman–Crippen LogP) is 8.76. The Kier molecular flexibility index (Phi) is 11.9. The topological polar surface area (TPSA) is 171 Å². The third-order valence-electron chi connectivity index (χ3n) is 10.8. The fourth-order valence-corrected chi connectivity index (χ4v) is 8.06. The van der Waals surface area contributed by atoms with E-state index in [2.05, 4.69) is 0 Å². The maximum absolute atomic E-state index is 15.2. The zero-order chi connectivity index (χ0) is 45.0. The van der Waals surface area contributed by atoms with Gasteiger partial charge in [-0.05, 0) is 91.1 Å². The van der Waals surface area contributed by atoms with E-state index in [1.54, 1.807) is 152 Å². The molecule has 3 aromatic heterocycles. The Morgan fingerprint density at radius 2 is 1.29 bits per heavy atom. The van der Waals surface area contributed by atoms with E-state index in [0.717, 1.165) is 0 Å². The van der Waals surface area contributed by atoms with Crippen LogP contribution in [0.2, 0.25) is 0 Å². The van der Waals surface area contributed by atoms with Gasteiger partial charge in [-0.25, -0.2) is 23.9 Å². The van der Waals surface area contributed by atoms with Crippen molar-refractivity contribution in [2.75, 3.05) is 13.7 Å². The summed E-state index contributed by atoms with van der Waals surface area (Å²) in [6, 6.07) is 42.7. The van der Waals surface area contributed by atoms with Gasteiger partial charge in [-0.15, -0.1) is 0 Å². The molecule has 0 amide bonds. The average Bonchev–Trinajstić information content (AvgIpc) is 4.00. The highest BCUT2D eigenvalue weighted by Gasteiger charge is 2.52. The van der Waals surface area contributed by atoms with Crippen LogP contribution in [-0.2, 0) is 18.9 Å². The van der Waals surface area contributed by atoms with Gasteiger partial charge in [0.25, 0.3) is 5.56 Å². The summed E-state index contributed by atoms with van der Waals surface area (Å²) in [5.41, 5.74) is 0.862. The van der Waals surface area contributed by atoms with E-state index in [9.17, 15) is 19.5 Å². The summed E-state index contributed by atoms with van der Waals surface area (Å²) in [4.78, 5) is 62.0. The standard InChI is InChI=1S/C50H37N3O11S/c1-59-39-25-14-12-23-36(39)52-45(55)41-34(38-26-15-27-60-38)28-35(33-22-11-13-24-37(33)54)51-44(41)53(50(52)65)46-43(64-49(58)32-20-9-4-10-21-32)42(63-48(57)31-18-7-3-8-19-31)40(62-46)29-61-47(56)30-16-5-2-6-17-30/h2-28,40,42-43,46,54H,29H2,1H3/t40-,42-,43+,46-/m1/s1. The van der Waals surface area contributed by atoms with Gasteiger partial charge in [0, 0.05) is 11.1 Å². The minimum absolute atomic E-state index is 0.0212. The van der Waals surface area contributed by atoms with Crippen LogP contribution in [0.15, 0.2) is 173 Å². The molecule has 0 saturated carbocycles. The van der Waals surface area contributed by atoms with Gasteiger partial charge >= 0.3 is 17.9 Å². The van der Waals surface area contributed by atoms with E-state index in [1.807, 2.05) is 0 Å². The number of para-hydroxylation sites is 3. The summed E-state index contributed by atoms with van der Waals surface area (Å²) in [5, 5.41) is 11.1. The van der Waals surface area contributed by atoms with Gasteiger partial charge in [0.15, 0.2) is 28.9 Å². The van der Waals surface area contributed by atoms with Crippen LogP contribution in [0.5, 0.6) is 11.5 Å². The lowest BCUT2D eigenvalue weighted by atomic mass is 10.0. The van der Waals surface area contributed by atoms with E-state index in [1.165, 1.54) is 28.6 Å². The van der Waals surface area contributed by atoms with E-state index in [4.69, 9.17) is 45.3 Å². The summed E-state index contributed by atoms with van der Waals surface area (Å²) in [6.07, 6.45) is -4.45. The van der Waals surface area contributed by atoms with E-state index >= 15 is 4.79 Å². The van der Waals surface area contributed by atoms with Crippen LogP contribution >= 0.6 is 12.2 Å². The minimum Gasteiger partial charge on any atom is -0.507 e. The first-order valence-corrected chi connectivity index (χ1v) is 20.7. The van der Waals surface area contributed by atoms with Crippen molar-refractivity contribution in [2.45, 2.75) is 24.5 Å². The van der Waals surface area contributed by atoms with Crippen molar-refractivity contribution in [3.8, 4) is 39.8 Å². The first kappa shape index (κ1) is 42.2. The van der Waals surface area contributed by atoms with Crippen molar-refractivity contribution >= 4 is 41.2 Å². The Labute approximate surface area is 375 Å². The van der Waals surface area contributed by atoms with Crippen molar-refractivity contribution in [3.05, 3.63) is 196 Å². The second-order valence-electron chi connectivity index (χ2n) is 14.7. The fourth-order valence-electron chi connectivity index (χ4n) is 7.69. The number of aromatic hydroxyl groups is 1. The fraction of sp³-hybridized carbons (Fsp3) is 0.120. The number of benzene rings is 5. The van der Waals surface area contributed by atoms with Gasteiger partial charge in [-0.3, -0.25) is 9.36 Å². The van der Waals surface area contributed by atoms with Crippen LogP contribution in [0.3, 0.4) is 0 Å². The number of pyridine rings is 1. The predicted molar refractivity (Wildman–Crippen MR) is 239 cm³/mol. The monoisotopic (exact) mass is 887 g/mol. The van der Waals surface area contributed by atoms with Gasteiger partial charge in [0.05, 0.1) is 46.8 Å². The summed E-state index contributed by atoms with van der Waals surface area (Å²) in [7, 11) is 1.45. The molecule has 324 valence electrons. The van der Waals surface area contributed by atoms with Crippen molar-refractivity contribution in [1.82, 2.24) is 14.1 Å². The van der Waals surface area contributed by atoms with Crippen molar-refractivity contribution in [3.63, 3.8) is 0 Å². The zero-order valence-corrected chi connectivity index (χ0v) is 35.2. The van der Waals surface area contributed by atoms with Gasteiger partial charge in [-0.2, -0.15) is 0 Å². The summed E-state index contributed by atoms with van der Waals surface area (Å²) in [6.45, 7) is -0.498. The number of rotatable bonds is 12. The third-order valence-corrected chi connectivity index (χ3v) is 11.1. The molecule has 9 rings (SSSR count). The smallest absolute Gasteiger partial charge is 0.338 e. The Morgan fingerprint density at radius 1 is 0.708 bits per heavy atom. The number of phenols is 1.